The molecule has 4 nitrogen and oxygen atoms in total. The van der Waals surface area contributed by atoms with Crippen molar-refractivity contribution in [2.45, 2.75) is 50.5 Å². The van der Waals surface area contributed by atoms with Crippen molar-refractivity contribution in [2.24, 2.45) is 11.7 Å². The SMILES string of the molecule is NC(c1n[nH]c(C2CCCC2)n1)C1CC1. The number of nitrogens with zero attached hydrogens (tertiary/aromatic N) is 2. The topological polar surface area (TPSA) is 67.6 Å². The van der Waals surface area contributed by atoms with Crippen LogP contribution >= 0.6 is 0 Å². The molecule has 1 unspecified atom stereocenters. The van der Waals surface area contributed by atoms with E-state index in [-0.39, 0.29) is 6.04 Å². The predicted octanol–water partition coefficient (Wildman–Crippen LogP) is 1.87. The summed E-state index contributed by atoms with van der Waals surface area (Å²) in [6.07, 6.45) is 7.66. The molecular weight excluding hydrogens is 188 g/mol. The Bertz CT molecular complexity index is 320. The first-order chi connectivity index (χ1) is 7.34. The van der Waals surface area contributed by atoms with Crippen LogP contribution < -0.4 is 5.73 Å². The Labute approximate surface area is 89.7 Å². The Balaban J connectivity index is 1.74. The first-order valence-corrected chi connectivity index (χ1v) is 6.02. The lowest BCUT2D eigenvalue weighted by molar-refractivity contribution is 0.594. The van der Waals surface area contributed by atoms with Crippen LogP contribution in [0.15, 0.2) is 0 Å². The molecule has 0 radical (unpaired) electrons. The van der Waals surface area contributed by atoms with Gasteiger partial charge >= 0.3 is 0 Å². The standard InChI is InChI=1S/C11H18N4/c12-9(7-5-6-7)11-13-10(14-15-11)8-3-1-2-4-8/h7-9H,1-6,12H2,(H,13,14,15). The van der Waals surface area contributed by atoms with Crippen LogP contribution in [0.3, 0.4) is 0 Å². The molecule has 1 aromatic heterocycles. The van der Waals surface area contributed by atoms with E-state index in [9.17, 15) is 0 Å². The number of nitrogens with one attached hydrogen (secondary N) is 1. The van der Waals surface area contributed by atoms with Gasteiger partial charge in [0, 0.05) is 5.92 Å². The quantitative estimate of drug-likeness (QED) is 0.793. The van der Waals surface area contributed by atoms with Crippen molar-refractivity contribution in [3.8, 4) is 0 Å². The monoisotopic (exact) mass is 206 g/mol. The largest absolute Gasteiger partial charge is 0.321 e. The van der Waals surface area contributed by atoms with Gasteiger partial charge in [0.05, 0.1) is 6.04 Å². The third kappa shape index (κ3) is 1.78. The smallest absolute Gasteiger partial charge is 0.167 e. The van der Waals surface area contributed by atoms with E-state index in [0.29, 0.717) is 11.8 Å². The van der Waals surface area contributed by atoms with Crippen molar-refractivity contribution in [2.75, 3.05) is 0 Å². The number of nitrogens with two attached hydrogens (primary N) is 1. The normalized spacial score (nSPS) is 24.6. The molecule has 2 aliphatic rings. The fourth-order valence-electron chi connectivity index (χ4n) is 2.49. The molecule has 3 N–H and O–H groups in total. The van der Waals surface area contributed by atoms with Gasteiger partial charge in [0.1, 0.15) is 5.82 Å². The molecule has 2 aliphatic carbocycles. The lowest BCUT2D eigenvalue weighted by Crippen LogP contribution is -2.14. The molecule has 1 heterocycles. The minimum atomic E-state index is 0.0661. The summed E-state index contributed by atoms with van der Waals surface area (Å²) in [6, 6.07) is 0.0661. The van der Waals surface area contributed by atoms with Gasteiger partial charge in [-0.1, -0.05) is 12.8 Å². The molecule has 0 spiro atoms. The first-order valence-electron chi connectivity index (χ1n) is 6.02. The van der Waals surface area contributed by atoms with Gasteiger partial charge in [-0.3, -0.25) is 5.10 Å². The fourth-order valence-corrected chi connectivity index (χ4v) is 2.49. The van der Waals surface area contributed by atoms with Gasteiger partial charge in [0.15, 0.2) is 5.82 Å². The average Bonchev–Trinajstić information content (AvgIpc) is 2.80. The summed E-state index contributed by atoms with van der Waals surface area (Å²) in [6.45, 7) is 0. The maximum Gasteiger partial charge on any atom is 0.167 e. The Morgan fingerprint density at radius 2 is 1.93 bits per heavy atom. The van der Waals surface area contributed by atoms with E-state index in [1.807, 2.05) is 0 Å². The van der Waals surface area contributed by atoms with Crippen LogP contribution in [0.25, 0.3) is 0 Å². The first kappa shape index (κ1) is 9.33. The summed E-state index contributed by atoms with van der Waals surface area (Å²) in [5, 5.41) is 7.33. The molecule has 2 fully saturated rings. The molecule has 0 aliphatic heterocycles. The molecule has 15 heavy (non-hydrogen) atoms. The molecule has 1 atom stereocenters. The molecule has 2 saturated carbocycles. The number of hydrogen-bond donors (Lipinski definition) is 2. The summed E-state index contributed by atoms with van der Waals surface area (Å²) < 4.78 is 0. The summed E-state index contributed by atoms with van der Waals surface area (Å²) in [5.74, 6) is 3.15. The van der Waals surface area contributed by atoms with E-state index in [1.54, 1.807) is 0 Å². The van der Waals surface area contributed by atoms with Gasteiger partial charge in [-0.2, -0.15) is 5.10 Å². The summed E-state index contributed by atoms with van der Waals surface area (Å²) in [5.41, 5.74) is 6.07. The van der Waals surface area contributed by atoms with E-state index in [0.717, 1.165) is 11.6 Å². The highest BCUT2D eigenvalue weighted by molar-refractivity contribution is 5.05. The zero-order valence-corrected chi connectivity index (χ0v) is 8.95. The second-order valence-electron chi connectivity index (χ2n) is 4.92. The van der Waals surface area contributed by atoms with Crippen LogP contribution in [-0.2, 0) is 0 Å². The summed E-state index contributed by atoms with van der Waals surface area (Å²) in [7, 11) is 0. The zero-order valence-electron chi connectivity index (χ0n) is 8.95. The van der Waals surface area contributed by atoms with Crippen LogP contribution in [0.4, 0.5) is 0 Å². The highest BCUT2D eigenvalue weighted by Gasteiger charge is 2.32. The van der Waals surface area contributed by atoms with E-state index >= 15 is 0 Å². The van der Waals surface area contributed by atoms with E-state index < -0.39 is 0 Å². The van der Waals surface area contributed by atoms with Crippen LogP contribution in [-0.4, -0.2) is 15.2 Å². The van der Waals surface area contributed by atoms with Crippen LogP contribution in [0.1, 0.15) is 62.1 Å². The maximum atomic E-state index is 6.07. The van der Waals surface area contributed by atoms with Gasteiger partial charge in [-0.15, -0.1) is 0 Å². The number of rotatable bonds is 3. The minimum absolute atomic E-state index is 0.0661. The Morgan fingerprint density at radius 1 is 1.20 bits per heavy atom. The molecule has 0 aromatic carbocycles. The van der Waals surface area contributed by atoms with Crippen molar-refractivity contribution in [1.29, 1.82) is 0 Å². The van der Waals surface area contributed by atoms with Gasteiger partial charge < -0.3 is 5.73 Å². The zero-order chi connectivity index (χ0) is 10.3. The Kier molecular flexibility index (Phi) is 2.24. The van der Waals surface area contributed by atoms with Crippen LogP contribution in [0.5, 0.6) is 0 Å². The summed E-state index contributed by atoms with van der Waals surface area (Å²) in [4.78, 5) is 4.56. The predicted molar refractivity (Wildman–Crippen MR) is 57.2 cm³/mol. The molecule has 82 valence electrons. The van der Waals surface area contributed by atoms with Gasteiger partial charge in [-0.25, -0.2) is 4.98 Å². The number of aromatic nitrogens is 3. The van der Waals surface area contributed by atoms with Crippen molar-refractivity contribution >= 4 is 0 Å². The Morgan fingerprint density at radius 3 is 2.60 bits per heavy atom. The van der Waals surface area contributed by atoms with E-state index in [4.69, 9.17) is 5.73 Å². The molecule has 0 bridgehead atoms. The average molecular weight is 206 g/mol. The van der Waals surface area contributed by atoms with Crippen molar-refractivity contribution in [3.63, 3.8) is 0 Å². The second kappa shape index (κ2) is 3.59. The highest BCUT2D eigenvalue weighted by Crippen LogP contribution is 2.39. The fraction of sp³-hybridized carbons (Fsp3) is 0.818. The third-order valence-corrected chi connectivity index (χ3v) is 3.69. The molecule has 4 heteroatoms. The van der Waals surface area contributed by atoms with Crippen molar-refractivity contribution < 1.29 is 0 Å². The van der Waals surface area contributed by atoms with Crippen molar-refractivity contribution in [3.05, 3.63) is 11.6 Å². The molecular formula is C11H18N4. The van der Waals surface area contributed by atoms with Crippen LogP contribution in [0.2, 0.25) is 0 Å². The van der Waals surface area contributed by atoms with Gasteiger partial charge in [0.2, 0.25) is 0 Å². The second-order valence-corrected chi connectivity index (χ2v) is 4.92. The summed E-state index contributed by atoms with van der Waals surface area (Å²) >= 11 is 0. The number of hydrogen-bond acceptors (Lipinski definition) is 3. The molecule has 1 aromatic rings. The Hall–Kier alpha value is -0.900. The third-order valence-electron chi connectivity index (χ3n) is 3.69. The molecule has 3 rings (SSSR count). The van der Waals surface area contributed by atoms with E-state index in [2.05, 4.69) is 15.2 Å². The van der Waals surface area contributed by atoms with Gasteiger partial charge in [-0.05, 0) is 31.6 Å². The maximum absolute atomic E-state index is 6.07. The minimum Gasteiger partial charge on any atom is -0.321 e. The van der Waals surface area contributed by atoms with E-state index in [1.165, 1.54) is 38.5 Å². The molecule has 0 saturated heterocycles. The van der Waals surface area contributed by atoms with Crippen molar-refractivity contribution in [1.82, 2.24) is 15.2 Å². The molecule has 0 amide bonds. The number of H-pyrrole nitrogens is 1. The van der Waals surface area contributed by atoms with Gasteiger partial charge in [0.25, 0.3) is 0 Å². The van der Waals surface area contributed by atoms with Crippen LogP contribution in [0, 0.1) is 5.92 Å². The lowest BCUT2D eigenvalue weighted by atomic mass is 10.1. The lowest BCUT2D eigenvalue weighted by Gasteiger charge is -2.04. The number of aromatic amines is 1. The highest BCUT2D eigenvalue weighted by atomic mass is 15.2.